The number of halogens is 2. The number of hydrogen-bond donors (Lipinski definition) is 3. The molecule has 6 aromatic carbocycles. The van der Waals surface area contributed by atoms with Gasteiger partial charge in [-0.05, 0) is 70.8 Å². The second-order valence-corrected chi connectivity index (χ2v) is 13.3. The summed E-state index contributed by atoms with van der Waals surface area (Å²) in [6, 6.07) is 48.0. The van der Waals surface area contributed by atoms with E-state index < -0.39 is 17.1 Å². The van der Waals surface area contributed by atoms with Crippen molar-refractivity contribution in [2.24, 2.45) is 0 Å². The first-order valence-corrected chi connectivity index (χ1v) is 17.6. The van der Waals surface area contributed by atoms with Gasteiger partial charge < -0.3 is 16.0 Å². The Morgan fingerprint density at radius 2 is 1.25 bits per heavy atom. The van der Waals surface area contributed by atoms with Gasteiger partial charge in [0.2, 0.25) is 5.91 Å². The van der Waals surface area contributed by atoms with Crippen molar-refractivity contribution in [3.05, 3.63) is 190 Å². The highest BCUT2D eigenvalue weighted by Crippen LogP contribution is 2.38. The van der Waals surface area contributed by atoms with Gasteiger partial charge in [-0.2, -0.15) is 0 Å². The van der Waals surface area contributed by atoms with E-state index in [9.17, 15) is 14.4 Å². The minimum Gasteiger partial charge on any atom is -0.323 e. The lowest BCUT2D eigenvalue weighted by Crippen LogP contribution is -2.30. The van der Waals surface area contributed by atoms with E-state index in [0.717, 1.165) is 27.1 Å². The van der Waals surface area contributed by atoms with Crippen LogP contribution in [0.1, 0.15) is 26.7 Å². The lowest BCUT2D eigenvalue weighted by atomic mass is 10.0. The van der Waals surface area contributed by atoms with Crippen LogP contribution in [-0.2, 0) is 9.59 Å². The van der Waals surface area contributed by atoms with Crippen molar-refractivity contribution in [1.29, 1.82) is 0 Å². The molecule has 0 aliphatic rings. The van der Waals surface area contributed by atoms with Gasteiger partial charge >= 0.3 is 0 Å². The molecule has 0 aliphatic carbocycles. The predicted octanol–water partition coefficient (Wildman–Crippen LogP) is 10.5. The highest BCUT2D eigenvalue weighted by molar-refractivity contribution is 8.00. The van der Waals surface area contributed by atoms with Gasteiger partial charge in [0.25, 0.3) is 11.8 Å². The van der Waals surface area contributed by atoms with Crippen LogP contribution in [0.15, 0.2) is 168 Å². The van der Waals surface area contributed by atoms with Crippen LogP contribution < -0.4 is 16.0 Å². The smallest absolute Gasteiger partial charge is 0.272 e. The van der Waals surface area contributed by atoms with Crippen molar-refractivity contribution < 1.29 is 14.4 Å². The van der Waals surface area contributed by atoms with Crippen LogP contribution in [0.2, 0.25) is 10.0 Å². The first kappa shape index (κ1) is 35.2. The maximum atomic E-state index is 13.8. The van der Waals surface area contributed by atoms with Crippen LogP contribution in [0.4, 0.5) is 11.4 Å². The Hall–Kier alpha value is -5.60. The minimum absolute atomic E-state index is 0.0642. The molecule has 0 bridgehead atoms. The highest BCUT2D eigenvalue weighted by Gasteiger charge is 2.24. The summed E-state index contributed by atoms with van der Waals surface area (Å²) < 4.78 is 0. The molecule has 6 aromatic rings. The van der Waals surface area contributed by atoms with E-state index in [-0.39, 0.29) is 16.6 Å². The number of thioether (sulfide) groups is 1. The molecule has 0 spiro atoms. The van der Waals surface area contributed by atoms with Crippen molar-refractivity contribution in [3.63, 3.8) is 0 Å². The molecule has 3 amide bonds. The summed E-state index contributed by atoms with van der Waals surface area (Å²) in [6.07, 6.45) is 1.64. The van der Waals surface area contributed by atoms with Crippen LogP contribution >= 0.6 is 35.0 Å². The van der Waals surface area contributed by atoms with Crippen LogP contribution in [0.5, 0.6) is 0 Å². The molecule has 0 saturated heterocycles. The quantitative estimate of drug-likeness (QED) is 0.0916. The van der Waals surface area contributed by atoms with Crippen molar-refractivity contribution in [2.45, 2.75) is 10.1 Å². The molecule has 252 valence electrons. The summed E-state index contributed by atoms with van der Waals surface area (Å²) in [5.41, 5.74) is 4.97. The Labute approximate surface area is 310 Å². The number of hydrogen-bond acceptors (Lipinski definition) is 4. The van der Waals surface area contributed by atoms with E-state index in [2.05, 4.69) is 16.0 Å². The van der Waals surface area contributed by atoms with Crippen LogP contribution in [-0.4, -0.2) is 17.7 Å². The third-order valence-corrected chi connectivity index (χ3v) is 9.82. The molecule has 0 heterocycles. The fourth-order valence-corrected chi connectivity index (χ4v) is 6.62. The molecule has 6 rings (SSSR count). The van der Waals surface area contributed by atoms with E-state index in [0.29, 0.717) is 22.0 Å². The topological polar surface area (TPSA) is 87.3 Å². The summed E-state index contributed by atoms with van der Waals surface area (Å²) in [5, 5.41) is 8.55. The van der Waals surface area contributed by atoms with E-state index >= 15 is 0 Å². The Kier molecular flexibility index (Phi) is 11.7. The standard InChI is InChI=1S/C42H31Cl2N3O3S/c43-35-20-11-21-36(38(35)44)46-42(50)39(31-14-6-2-7-15-31)51-34-19-10-18-33(27-34)45-41(49)37(47-40(48)32-16-8-3-9-17-32)26-28-22-24-30(25-23-28)29-12-4-1-5-13-29/h1-27,39H,(H,45,49)(H,46,50)(H,47,48)/b37-26+. The molecular formula is C42H31Cl2N3O3S. The molecular weight excluding hydrogens is 697 g/mol. The number of anilines is 2. The Morgan fingerprint density at radius 3 is 1.96 bits per heavy atom. The third kappa shape index (κ3) is 9.35. The van der Waals surface area contributed by atoms with E-state index in [4.69, 9.17) is 23.2 Å². The number of benzene rings is 6. The van der Waals surface area contributed by atoms with E-state index in [1.807, 2.05) is 97.1 Å². The lowest BCUT2D eigenvalue weighted by molar-refractivity contribution is -0.116. The largest absolute Gasteiger partial charge is 0.323 e. The predicted molar refractivity (Wildman–Crippen MR) is 209 cm³/mol. The summed E-state index contributed by atoms with van der Waals surface area (Å²) >= 11 is 13.9. The fourth-order valence-electron chi connectivity index (χ4n) is 5.19. The average Bonchev–Trinajstić information content (AvgIpc) is 3.17. The van der Waals surface area contributed by atoms with Crippen LogP contribution in [0.3, 0.4) is 0 Å². The second-order valence-electron chi connectivity index (χ2n) is 11.3. The van der Waals surface area contributed by atoms with E-state index in [1.54, 1.807) is 66.7 Å². The Morgan fingerprint density at radius 1 is 0.627 bits per heavy atom. The van der Waals surface area contributed by atoms with Crippen molar-refractivity contribution in [2.75, 3.05) is 10.6 Å². The van der Waals surface area contributed by atoms with Gasteiger partial charge in [-0.25, -0.2) is 0 Å². The fraction of sp³-hybridized carbons (Fsp3) is 0.0238. The number of rotatable bonds is 11. The van der Waals surface area contributed by atoms with Crippen LogP contribution in [0, 0.1) is 0 Å². The van der Waals surface area contributed by atoms with Gasteiger partial charge in [-0.15, -0.1) is 11.8 Å². The maximum Gasteiger partial charge on any atom is 0.272 e. The maximum absolute atomic E-state index is 13.8. The first-order chi connectivity index (χ1) is 24.8. The van der Waals surface area contributed by atoms with Gasteiger partial charge in [-0.1, -0.05) is 138 Å². The normalized spacial score (nSPS) is 11.7. The molecule has 1 unspecified atom stereocenters. The van der Waals surface area contributed by atoms with Crippen molar-refractivity contribution in [3.8, 4) is 11.1 Å². The molecule has 0 aliphatic heterocycles. The summed E-state index contributed by atoms with van der Waals surface area (Å²) in [7, 11) is 0. The Bertz CT molecular complexity index is 2180. The molecule has 0 saturated carbocycles. The molecule has 0 fully saturated rings. The minimum atomic E-state index is -0.660. The number of carbonyl (C=O) groups is 3. The molecule has 51 heavy (non-hydrogen) atoms. The number of nitrogens with one attached hydrogen (secondary N) is 3. The van der Waals surface area contributed by atoms with Gasteiger partial charge in [-0.3, -0.25) is 14.4 Å². The van der Waals surface area contributed by atoms with Crippen molar-refractivity contribution in [1.82, 2.24) is 5.32 Å². The van der Waals surface area contributed by atoms with Gasteiger partial charge in [0.1, 0.15) is 10.9 Å². The second kappa shape index (κ2) is 16.9. The number of carbonyl (C=O) groups excluding carboxylic acids is 3. The van der Waals surface area contributed by atoms with Gasteiger partial charge in [0.05, 0.1) is 15.7 Å². The van der Waals surface area contributed by atoms with Crippen LogP contribution in [0.25, 0.3) is 17.2 Å². The molecule has 9 heteroatoms. The summed E-state index contributed by atoms with van der Waals surface area (Å²) in [4.78, 5) is 41.4. The SMILES string of the molecule is O=C(Nc1cccc(SC(C(=O)Nc2cccc(Cl)c2Cl)c2ccccc2)c1)/C(=C\c1ccc(-c2ccccc2)cc1)NC(=O)c1ccccc1. The molecule has 3 N–H and O–H groups in total. The van der Waals surface area contributed by atoms with Crippen molar-refractivity contribution >= 4 is 70.1 Å². The Balaban J connectivity index is 1.24. The monoisotopic (exact) mass is 727 g/mol. The third-order valence-electron chi connectivity index (χ3n) is 7.75. The average molecular weight is 729 g/mol. The van der Waals surface area contributed by atoms with E-state index in [1.165, 1.54) is 11.8 Å². The molecule has 6 nitrogen and oxygen atoms in total. The first-order valence-electron chi connectivity index (χ1n) is 16.0. The number of amides is 3. The van der Waals surface area contributed by atoms with Gasteiger partial charge in [0.15, 0.2) is 0 Å². The zero-order valence-corrected chi connectivity index (χ0v) is 29.4. The zero-order chi connectivity index (χ0) is 35.6. The molecule has 1 atom stereocenters. The zero-order valence-electron chi connectivity index (χ0n) is 27.1. The molecule has 0 aromatic heterocycles. The highest BCUT2D eigenvalue weighted by atomic mass is 35.5. The summed E-state index contributed by atoms with van der Waals surface area (Å²) in [6.45, 7) is 0. The van der Waals surface area contributed by atoms with Gasteiger partial charge in [0, 0.05) is 16.1 Å². The molecule has 0 radical (unpaired) electrons. The summed E-state index contributed by atoms with van der Waals surface area (Å²) in [5.74, 6) is -1.22. The lowest BCUT2D eigenvalue weighted by Gasteiger charge is -2.18.